The number of hydrogen-bond acceptors (Lipinski definition) is 11. The quantitative estimate of drug-likeness (QED) is 0.0467. The van der Waals surface area contributed by atoms with Crippen molar-refractivity contribution in [1.82, 2.24) is 19.5 Å². The van der Waals surface area contributed by atoms with Crippen LogP contribution in [-0.4, -0.2) is 82.0 Å². The number of methoxy groups -OCH3 is 2. The molecule has 1 aliphatic rings. The number of amides is 1. The average molecular weight is 1030 g/mol. The average Bonchev–Trinajstić information content (AvgIpc) is 4.14. The molecule has 7 aromatic carbocycles. The Balaban J connectivity index is 0.906. The topological polar surface area (TPSA) is 139 Å². The number of hydrogen-bond donors (Lipinski definition) is 2. The summed E-state index contributed by atoms with van der Waals surface area (Å²) in [6.45, 7) is 0.351. The number of aliphatic hydroxyl groups excluding tert-OH is 1. The number of ether oxygens (including phenoxy) is 5. The van der Waals surface area contributed by atoms with Crippen molar-refractivity contribution in [2.24, 2.45) is 0 Å². The minimum atomic E-state index is -1.25. The van der Waals surface area contributed by atoms with Crippen LogP contribution in [0.2, 0.25) is 0 Å². The summed E-state index contributed by atoms with van der Waals surface area (Å²) in [7, 11) is 3.24. The maximum atomic E-state index is 13.3. The number of para-hydroxylation sites is 1. The van der Waals surface area contributed by atoms with E-state index in [0.717, 1.165) is 42.6 Å². The number of aromatic nitrogens is 4. The first-order chi connectivity index (χ1) is 37.5. The van der Waals surface area contributed by atoms with Gasteiger partial charge in [0.05, 0.1) is 31.9 Å². The lowest BCUT2D eigenvalue weighted by molar-refractivity contribution is -0.104. The van der Waals surface area contributed by atoms with Crippen molar-refractivity contribution in [2.45, 2.75) is 60.6 Å². The van der Waals surface area contributed by atoms with Crippen LogP contribution in [0.25, 0.3) is 11.2 Å². The minimum absolute atomic E-state index is 0.0222. The Kier molecular flexibility index (Phi) is 16.6. The van der Waals surface area contributed by atoms with Gasteiger partial charge in [-0.1, -0.05) is 195 Å². The molecule has 12 nitrogen and oxygen atoms in total. The van der Waals surface area contributed by atoms with E-state index in [1.165, 1.54) is 23.0 Å². The zero-order chi connectivity index (χ0) is 52.2. The van der Waals surface area contributed by atoms with Crippen LogP contribution in [0.1, 0.15) is 75.6 Å². The van der Waals surface area contributed by atoms with E-state index >= 15 is 0 Å². The van der Waals surface area contributed by atoms with Gasteiger partial charge in [0.1, 0.15) is 30.2 Å². The monoisotopic (exact) mass is 1030 g/mol. The van der Waals surface area contributed by atoms with Gasteiger partial charge in [-0.05, 0) is 64.6 Å². The van der Waals surface area contributed by atoms with Gasteiger partial charge < -0.3 is 34.1 Å². The number of rotatable bonds is 23. The molecule has 0 aliphatic carbocycles. The molecule has 1 aliphatic heterocycles. The molecule has 13 heteroatoms. The fourth-order valence-corrected chi connectivity index (χ4v) is 12.0. The van der Waals surface area contributed by atoms with Crippen molar-refractivity contribution in [1.29, 1.82) is 0 Å². The molecule has 0 bridgehead atoms. The highest BCUT2D eigenvalue weighted by Crippen LogP contribution is 2.50. The van der Waals surface area contributed by atoms with Crippen LogP contribution in [0.3, 0.4) is 0 Å². The van der Waals surface area contributed by atoms with E-state index in [-0.39, 0.29) is 23.1 Å². The standard InChI is InChI=1S/C63H61N5O7S/c1-71-52-39-25-38-51(56(52)72-2)62(46-28-13-6-14-29-46,47-30-15-7-16-31-47)74-42-53-57(55(69)61(75-53)68-44-66-54-58(64-43-65-59(54)68)67-60(70)45-26-11-5-12-27-45)73-40-23-3-4-24-41-76-63(48-32-17-8-18-33-48,49-34-19-9-20-35-49)50-36-21-10-22-37-50/h5-22,25-39,43-44,53,55,57,61,69H,3-4,23-24,40-42H2,1-2H3,(H,64,65,67,70)/t53-,55-,57-,61-/m1/s1. The highest BCUT2D eigenvalue weighted by molar-refractivity contribution is 8.00. The lowest BCUT2D eigenvalue weighted by Gasteiger charge is -2.38. The summed E-state index contributed by atoms with van der Waals surface area (Å²) in [4.78, 5) is 26.9. The summed E-state index contributed by atoms with van der Waals surface area (Å²) in [5.41, 5.74) is 6.06. The molecule has 1 amide bonds. The second-order valence-corrected chi connectivity index (χ2v) is 19.9. The second-order valence-electron chi connectivity index (χ2n) is 18.6. The van der Waals surface area contributed by atoms with Gasteiger partial charge in [-0.25, -0.2) is 15.0 Å². The van der Waals surface area contributed by atoms with Crippen LogP contribution >= 0.6 is 11.8 Å². The Morgan fingerprint density at radius 1 is 0.645 bits per heavy atom. The molecule has 0 radical (unpaired) electrons. The number of unbranched alkanes of at least 4 members (excludes halogenated alkanes) is 3. The number of nitrogens with one attached hydrogen (secondary N) is 1. The van der Waals surface area contributed by atoms with Gasteiger partial charge in [-0.2, -0.15) is 0 Å². The van der Waals surface area contributed by atoms with Crippen LogP contribution in [0.4, 0.5) is 5.82 Å². The molecule has 10 rings (SSSR count). The van der Waals surface area contributed by atoms with Crippen LogP contribution in [0.5, 0.6) is 11.5 Å². The van der Waals surface area contributed by atoms with E-state index in [9.17, 15) is 9.90 Å². The highest BCUT2D eigenvalue weighted by atomic mass is 32.2. The fourth-order valence-electron chi connectivity index (χ4n) is 10.4. The first-order valence-corrected chi connectivity index (χ1v) is 26.7. The van der Waals surface area contributed by atoms with Crippen molar-refractivity contribution in [3.8, 4) is 11.5 Å². The number of fused-ring (bicyclic) bond motifs is 1. The lowest BCUT2D eigenvalue weighted by atomic mass is 9.79. The van der Waals surface area contributed by atoms with Crippen molar-refractivity contribution < 1.29 is 33.6 Å². The number of carbonyl (C=O) groups is 1. The molecule has 386 valence electrons. The molecule has 9 aromatic rings. The number of benzene rings is 7. The number of imidazole rings is 1. The molecule has 0 spiro atoms. The third-order valence-electron chi connectivity index (χ3n) is 14.0. The molecular formula is C63H61N5O7S. The first-order valence-electron chi connectivity index (χ1n) is 25.7. The van der Waals surface area contributed by atoms with E-state index in [1.807, 2.05) is 96.7 Å². The largest absolute Gasteiger partial charge is 0.493 e. The fraction of sp³-hybridized carbons (Fsp3) is 0.238. The zero-order valence-corrected chi connectivity index (χ0v) is 43.4. The Bertz CT molecular complexity index is 3130. The van der Waals surface area contributed by atoms with E-state index in [4.69, 9.17) is 23.7 Å². The Morgan fingerprint density at radius 3 is 1.76 bits per heavy atom. The van der Waals surface area contributed by atoms with Gasteiger partial charge in [0, 0.05) is 17.7 Å². The molecule has 2 N–H and O–H groups in total. The van der Waals surface area contributed by atoms with Gasteiger partial charge >= 0.3 is 0 Å². The predicted molar refractivity (Wildman–Crippen MR) is 298 cm³/mol. The summed E-state index contributed by atoms with van der Waals surface area (Å²) in [5.74, 6) is 1.89. The summed E-state index contributed by atoms with van der Waals surface area (Å²) in [6.07, 6.45) is 2.77. The minimum Gasteiger partial charge on any atom is -0.493 e. The van der Waals surface area contributed by atoms with Crippen LogP contribution in [0, 0.1) is 0 Å². The zero-order valence-electron chi connectivity index (χ0n) is 42.6. The Hall–Kier alpha value is -7.65. The molecule has 3 heterocycles. The number of carbonyl (C=O) groups excluding carboxylic acids is 1. The second kappa shape index (κ2) is 24.3. The van der Waals surface area contributed by atoms with E-state index in [2.05, 4.69) is 111 Å². The van der Waals surface area contributed by atoms with Crippen LogP contribution in [-0.2, 0) is 24.6 Å². The van der Waals surface area contributed by atoms with Gasteiger partial charge in [0.15, 0.2) is 34.7 Å². The Morgan fingerprint density at radius 2 is 1.20 bits per heavy atom. The van der Waals surface area contributed by atoms with E-state index < -0.39 is 30.1 Å². The molecule has 0 saturated carbocycles. The van der Waals surface area contributed by atoms with Crippen LogP contribution in [0.15, 0.2) is 213 Å². The Labute approximate surface area is 448 Å². The van der Waals surface area contributed by atoms with E-state index in [1.54, 1.807) is 49.4 Å². The van der Waals surface area contributed by atoms with Crippen LogP contribution < -0.4 is 14.8 Å². The molecule has 4 atom stereocenters. The number of anilines is 1. The molecular weight excluding hydrogens is 971 g/mol. The summed E-state index contributed by atoms with van der Waals surface area (Å²) >= 11 is 1.98. The predicted octanol–water partition coefficient (Wildman–Crippen LogP) is 12.0. The van der Waals surface area contributed by atoms with Gasteiger partial charge in [-0.3, -0.25) is 9.36 Å². The third kappa shape index (κ3) is 10.6. The van der Waals surface area contributed by atoms with Crippen molar-refractivity contribution >= 4 is 34.7 Å². The number of aliphatic hydroxyl groups is 1. The van der Waals surface area contributed by atoms with Gasteiger partial charge in [0.25, 0.3) is 5.91 Å². The van der Waals surface area contributed by atoms with Crippen molar-refractivity contribution in [3.05, 3.63) is 252 Å². The van der Waals surface area contributed by atoms with Crippen molar-refractivity contribution in [3.63, 3.8) is 0 Å². The lowest BCUT2D eigenvalue weighted by Crippen LogP contribution is -2.41. The van der Waals surface area contributed by atoms with Crippen molar-refractivity contribution in [2.75, 3.05) is 38.5 Å². The summed E-state index contributed by atoms with van der Waals surface area (Å²) < 4.78 is 34.3. The highest BCUT2D eigenvalue weighted by Gasteiger charge is 2.49. The SMILES string of the molecule is COc1cccc(C(OC[C@H]2O[C@@H](n3cnc4c(NC(=O)c5ccccc5)ncnc43)[C@H](O)[C@@H]2OCCCCCCSC(c2ccccc2)(c2ccccc2)c2ccccc2)(c2ccccc2)c2ccccc2)c1OC. The molecule has 2 aromatic heterocycles. The molecule has 1 saturated heterocycles. The summed E-state index contributed by atoms with van der Waals surface area (Å²) in [5, 5.41) is 15.4. The first kappa shape index (κ1) is 51.8. The normalized spacial score (nSPS) is 16.6. The molecule has 0 unspecified atom stereocenters. The maximum absolute atomic E-state index is 13.3. The smallest absolute Gasteiger partial charge is 0.256 e. The third-order valence-corrected chi connectivity index (χ3v) is 15.7. The number of thioether (sulfide) groups is 1. The maximum Gasteiger partial charge on any atom is 0.256 e. The van der Waals surface area contributed by atoms with Gasteiger partial charge in [-0.15, -0.1) is 11.8 Å². The molecule has 76 heavy (non-hydrogen) atoms. The van der Waals surface area contributed by atoms with Gasteiger partial charge in [0.2, 0.25) is 0 Å². The summed E-state index contributed by atoms with van der Waals surface area (Å²) in [6, 6.07) is 67.0. The van der Waals surface area contributed by atoms with E-state index in [0.29, 0.717) is 40.4 Å². The molecule has 1 fully saturated rings. The number of nitrogens with zero attached hydrogens (tertiary/aromatic N) is 4.